The number of likely N-dealkylation sites (tertiary alicyclic amines) is 1. The van der Waals surface area contributed by atoms with Crippen LogP contribution >= 0.6 is 0 Å². The standard InChI is InChI=1S/C27H33F2N7O2/c1-17-22(16-35(32-17)15-18-7-5-8-19(13-18)24(28)29)23-21(14-30)25(31)36(33-23)20-9-6-11-34(12-10-20)26(37)38-27(2,3)4/h5,7-8,13,16,20,24H,6,9-12,15,31H2,1-4H3/t20-/m0/s1. The molecular weight excluding hydrogens is 492 g/mol. The molecule has 1 aliphatic heterocycles. The van der Waals surface area contributed by atoms with Crippen LogP contribution in [-0.4, -0.2) is 49.2 Å². The zero-order valence-electron chi connectivity index (χ0n) is 22.1. The van der Waals surface area contributed by atoms with Crippen molar-refractivity contribution in [2.24, 2.45) is 0 Å². The summed E-state index contributed by atoms with van der Waals surface area (Å²) in [5, 5.41) is 19.2. The highest BCUT2D eigenvalue weighted by Gasteiger charge is 2.29. The molecule has 3 heterocycles. The van der Waals surface area contributed by atoms with Gasteiger partial charge in [-0.05, 0) is 58.6 Å². The Balaban J connectivity index is 1.56. The van der Waals surface area contributed by atoms with E-state index in [1.165, 1.54) is 12.1 Å². The molecule has 1 atom stereocenters. The van der Waals surface area contributed by atoms with Crippen LogP contribution < -0.4 is 5.73 Å². The highest BCUT2D eigenvalue weighted by Crippen LogP contribution is 2.34. The Morgan fingerprint density at radius 2 is 2.03 bits per heavy atom. The molecule has 0 unspecified atom stereocenters. The molecule has 1 saturated heterocycles. The summed E-state index contributed by atoms with van der Waals surface area (Å²) in [5.74, 6) is 0.273. The zero-order chi connectivity index (χ0) is 27.6. The van der Waals surface area contributed by atoms with Gasteiger partial charge < -0.3 is 15.4 Å². The Kier molecular flexibility index (Phi) is 7.71. The second-order valence-corrected chi connectivity index (χ2v) is 10.6. The largest absolute Gasteiger partial charge is 0.444 e. The summed E-state index contributed by atoms with van der Waals surface area (Å²) in [4.78, 5) is 14.3. The van der Waals surface area contributed by atoms with Crippen LogP contribution in [0.2, 0.25) is 0 Å². The number of nitrogens with zero attached hydrogens (tertiary/aromatic N) is 6. The molecule has 38 heavy (non-hydrogen) atoms. The first-order valence-electron chi connectivity index (χ1n) is 12.6. The van der Waals surface area contributed by atoms with Gasteiger partial charge >= 0.3 is 6.09 Å². The number of nitrogens with two attached hydrogens (primary N) is 1. The summed E-state index contributed by atoms with van der Waals surface area (Å²) < 4.78 is 35.1. The molecule has 0 bridgehead atoms. The number of hydrogen-bond acceptors (Lipinski definition) is 6. The van der Waals surface area contributed by atoms with E-state index >= 15 is 0 Å². The smallest absolute Gasteiger partial charge is 0.410 e. The van der Waals surface area contributed by atoms with Crippen molar-refractivity contribution < 1.29 is 18.3 Å². The number of alkyl halides is 2. The highest BCUT2D eigenvalue weighted by molar-refractivity contribution is 5.73. The molecule has 2 aromatic heterocycles. The third kappa shape index (κ3) is 5.96. The number of anilines is 1. The van der Waals surface area contributed by atoms with Crippen molar-refractivity contribution in [3.05, 3.63) is 52.8 Å². The molecule has 0 aliphatic carbocycles. The number of ether oxygens (including phenoxy) is 1. The lowest BCUT2D eigenvalue weighted by Gasteiger charge is -2.26. The molecule has 9 nitrogen and oxygen atoms in total. The van der Waals surface area contributed by atoms with Gasteiger partial charge in [0.2, 0.25) is 0 Å². The number of aromatic nitrogens is 4. The van der Waals surface area contributed by atoms with Gasteiger partial charge in [-0.2, -0.15) is 15.5 Å². The van der Waals surface area contributed by atoms with Gasteiger partial charge in [0.05, 0.1) is 18.3 Å². The van der Waals surface area contributed by atoms with Crippen LogP contribution in [0.15, 0.2) is 30.5 Å². The topological polar surface area (TPSA) is 115 Å². The van der Waals surface area contributed by atoms with E-state index in [0.29, 0.717) is 48.6 Å². The van der Waals surface area contributed by atoms with Crippen molar-refractivity contribution in [1.29, 1.82) is 5.26 Å². The average Bonchev–Trinajstić information content (AvgIpc) is 3.24. The molecule has 0 saturated carbocycles. The summed E-state index contributed by atoms with van der Waals surface area (Å²) in [6, 6.07) is 8.31. The monoisotopic (exact) mass is 525 g/mol. The van der Waals surface area contributed by atoms with Crippen molar-refractivity contribution in [3.63, 3.8) is 0 Å². The number of carbonyl (C=O) groups is 1. The van der Waals surface area contributed by atoms with Crippen molar-refractivity contribution in [3.8, 4) is 17.3 Å². The summed E-state index contributed by atoms with van der Waals surface area (Å²) in [6.45, 7) is 8.68. The van der Waals surface area contributed by atoms with E-state index in [-0.39, 0.29) is 29.1 Å². The van der Waals surface area contributed by atoms with Crippen LogP contribution in [0, 0.1) is 18.3 Å². The summed E-state index contributed by atoms with van der Waals surface area (Å²) in [6.07, 6.45) is 0.980. The molecule has 3 aromatic rings. The fraction of sp³-hybridized carbons (Fsp3) is 0.481. The molecule has 11 heteroatoms. The number of nitriles is 1. The van der Waals surface area contributed by atoms with Crippen LogP contribution in [-0.2, 0) is 11.3 Å². The van der Waals surface area contributed by atoms with Gasteiger partial charge in [-0.1, -0.05) is 18.2 Å². The third-order valence-electron chi connectivity index (χ3n) is 6.50. The van der Waals surface area contributed by atoms with Crippen molar-refractivity contribution in [2.75, 3.05) is 18.8 Å². The van der Waals surface area contributed by atoms with Crippen LogP contribution in [0.1, 0.15) is 74.9 Å². The minimum Gasteiger partial charge on any atom is -0.444 e. The minimum atomic E-state index is -2.55. The Hall–Kier alpha value is -3.94. The van der Waals surface area contributed by atoms with Crippen LogP contribution in [0.25, 0.3) is 11.3 Å². The lowest BCUT2D eigenvalue weighted by atomic mass is 10.1. The molecule has 0 radical (unpaired) electrons. The van der Waals surface area contributed by atoms with Crippen LogP contribution in [0.4, 0.5) is 19.4 Å². The molecular formula is C27H33F2N7O2. The van der Waals surface area contributed by atoms with Gasteiger partial charge in [0, 0.05) is 30.4 Å². The maximum atomic E-state index is 13.1. The number of nitrogen functional groups attached to an aromatic ring is 1. The molecule has 202 valence electrons. The van der Waals surface area contributed by atoms with Gasteiger partial charge in [-0.25, -0.2) is 18.3 Å². The summed E-state index contributed by atoms with van der Waals surface area (Å²) >= 11 is 0. The number of benzene rings is 1. The summed E-state index contributed by atoms with van der Waals surface area (Å²) in [7, 11) is 0. The Morgan fingerprint density at radius 3 is 2.71 bits per heavy atom. The Morgan fingerprint density at radius 1 is 1.26 bits per heavy atom. The maximum absolute atomic E-state index is 13.1. The van der Waals surface area contributed by atoms with Gasteiger partial charge in [0.15, 0.2) is 0 Å². The maximum Gasteiger partial charge on any atom is 0.410 e. The molecule has 0 spiro atoms. The van der Waals surface area contributed by atoms with E-state index in [1.807, 2.05) is 27.7 Å². The first kappa shape index (κ1) is 27.1. The number of halogens is 2. The lowest BCUT2D eigenvalue weighted by molar-refractivity contribution is 0.0255. The normalized spacial score (nSPS) is 16.4. The number of carbonyl (C=O) groups excluding carboxylic acids is 1. The Labute approximate surface area is 220 Å². The van der Waals surface area contributed by atoms with Crippen LogP contribution in [0.5, 0.6) is 0 Å². The second-order valence-electron chi connectivity index (χ2n) is 10.6. The van der Waals surface area contributed by atoms with Crippen molar-refractivity contribution >= 4 is 11.9 Å². The van der Waals surface area contributed by atoms with Crippen LogP contribution in [0.3, 0.4) is 0 Å². The van der Waals surface area contributed by atoms with E-state index in [0.717, 1.165) is 12.8 Å². The van der Waals surface area contributed by atoms with Crippen molar-refractivity contribution in [1.82, 2.24) is 24.5 Å². The molecule has 1 aliphatic rings. The molecule has 4 rings (SSSR count). The van der Waals surface area contributed by atoms with E-state index in [2.05, 4.69) is 11.2 Å². The lowest BCUT2D eigenvalue weighted by Crippen LogP contribution is -2.37. The number of rotatable bonds is 5. The quantitative estimate of drug-likeness (QED) is 0.473. The third-order valence-corrected chi connectivity index (χ3v) is 6.50. The van der Waals surface area contributed by atoms with Gasteiger partial charge in [0.25, 0.3) is 6.43 Å². The second kappa shape index (κ2) is 10.8. The first-order chi connectivity index (χ1) is 18.0. The van der Waals surface area contributed by atoms with Crippen molar-refractivity contribution in [2.45, 2.75) is 71.6 Å². The highest BCUT2D eigenvalue weighted by atomic mass is 19.3. The molecule has 2 N–H and O–H groups in total. The molecule has 1 aromatic carbocycles. The molecule has 1 fully saturated rings. The zero-order valence-corrected chi connectivity index (χ0v) is 22.1. The Bertz CT molecular complexity index is 1350. The van der Waals surface area contributed by atoms with E-state index in [4.69, 9.17) is 15.6 Å². The summed E-state index contributed by atoms with van der Waals surface area (Å²) in [5.41, 5.74) is 8.49. The minimum absolute atomic E-state index is 0.0430. The van der Waals surface area contributed by atoms with E-state index in [1.54, 1.807) is 32.6 Å². The SMILES string of the molecule is Cc1nn(Cc2cccc(C(F)F)c2)cc1-c1nn([C@H]2CCCN(C(=O)OC(C)(C)C)CC2)c(N)c1C#N. The number of amides is 1. The fourth-order valence-corrected chi connectivity index (χ4v) is 4.70. The van der Waals surface area contributed by atoms with E-state index in [9.17, 15) is 18.8 Å². The number of hydrogen-bond donors (Lipinski definition) is 1. The first-order valence-corrected chi connectivity index (χ1v) is 12.6. The fourth-order valence-electron chi connectivity index (χ4n) is 4.70. The average molecular weight is 526 g/mol. The predicted molar refractivity (Wildman–Crippen MR) is 139 cm³/mol. The van der Waals surface area contributed by atoms with Gasteiger partial charge in [-0.3, -0.25) is 4.68 Å². The molecule has 1 amide bonds. The van der Waals surface area contributed by atoms with Gasteiger partial charge in [0.1, 0.15) is 28.7 Å². The van der Waals surface area contributed by atoms with Gasteiger partial charge in [-0.15, -0.1) is 0 Å². The van der Waals surface area contributed by atoms with E-state index < -0.39 is 12.0 Å². The number of aryl methyl sites for hydroxylation is 1. The predicted octanol–water partition coefficient (Wildman–Crippen LogP) is 5.46.